The first-order valence-electron chi connectivity index (χ1n) is 22.0. The van der Waals surface area contributed by atoms with Gasteiger partial charge in [-0.3, -0.25) is 0 Å². The summed E-state index contributed by atoms with van der Waals surface area (Å²) in [6.07, 6.45) is 0. The van der Waals surface area contributed by atoms with Crippen molar-refractivity contribution in [3.63, 3.8) is 0 Å². The van der Waals surface area contributed by atoms with Gasteiger partial charge in [0.15, 0.2) is 0 Å². The zero-order chi connectivity index (χ0) is 41.9. The third-order valence-electron chi connectivity index (χ3n) is 13.5. The second-order valence-corrected chi connectivity index (χ2v) is 16.8. The summed E-state index contributed by atoms with van der Waals surface area (Å²) in [6.45, 7) is 0. The summed E-state index contributed by atoms with van der Waals surface area (Å²) in [7, 11) is 0. The van der Waals surface area contributed by atoms with E-state index in [1.807, 2.05) is 0 Å². The summed E-state index contributed by atoms with van der Waals surface area (Å²) in [6, 6.07) is 84.9. The Morgan fingerprint density at radius 1 is 0.203 bits per heavy atom. The highest BCUT2D eigenvalue weighted by atomic mass is 15.1. The fourth-order valence-electron chi connectivity index (χ4n) is 11.0. The number of hydrogen-bond donors (Lipinski definition) is 0. The lowest BCUT2D eigenvalue weighted by Crippen LogP contribution is -2.13. The van der Waals surface area contributed by atoms with E-state index in [2.05, 4.69) is 249 Å². The molecule has 0 N–H and O–H groups in total. The van der Waals surface area contributed by atoms with E-state index in [0.717, 1.165) is 78.0 Å². The van der Waals surface area contributed by atoms with Gasteiger partial charge >= 0.3 is 0 Å². The molecule has 0 aliphatic heterocycles. The summed E-state index contributed by atoms with van der Waals surface area (Å²) in [5, 5.41) is 9.74. The molecule has 4 heteroatoms. The highest BCUT2D eigenvalue weighted by Gasteiger charge is 2.31. The molecule has 0 saturated heterocycles. The van der Waals surface area contributed by atoms with E-state index in [0.29, 0.717) is 0 Å². The Kier molecular flexibility index (Phi) is 7.36. The molecular formula is C60H38N4. The predicted octanol–water partition coefficient (Wildman–Crippen LogP) is 15.7. The van der Waals surface area contributed by atoms with Gasteiger partial charge in [0.2, 0.25) is 0 Å². The fourth-order valence-corrected chi connectivity index (χ4v) is 11.0. The zero-order valence-electron chi connectivity index (χ0n) is 34.7. The van der Waals surface area contributed by atoms with Crippen molar-refractivity contribution in [1.29, 1.82) is 0 Å². The smallest absolute Gasteiger partial charge is 0.0955 e. The van der Waals surface area contributed by atoms with E-state index >= 15 is 0 Å². The third-order valence-corrected chi connectivity index (χ3v) is 13.5. The molecule has 14 aromatic rings. The highest BCUT2D eigenvalue weighted by molar-refractivity contribution is 6.16. The van der Waals surface area contributed by atoms with Crippen LogP contribution in [0.25, 0.3) is 121 Å². The molecule has 10 aromatic carbocycles. The van der Waals surface area contributed by atoms with E-state index in [1.54, 1.807) is 0 Å². The number of benzene rings is 10. The minimum absolute atomic E-state index is 1.08. The molecule has 0 bridgehead atoms. The van der Waals surface area contributed by atoms with Crippen LogP contribution in [0.15, 0.2) is 231 Å². The average molecular weight is 815 g/mol. The molecule has 298 valence electrons. The molecule has 0 unspecified atom stereocenters. The van der Waals surface area contributed by atoms with Crippen molar-refractivity contribution >= 4 is 87.2 Å². The van der Waals surface area contributed by atoms with Crippen LogP contribution < -0.4 is 0 Å². The van der Waals surface area contributed by atoms with E-state index in [4.69, 9.17) is 0 Å². The van der Waals surface area contributed by atoms with Crippen LogP contribution in [0, 0.1) is 0 Å². The fraction of sp³-hybridized carbons (Fsp3) is 0. The van der Waals surface area contributed by atoms with Gasteiger partial charge in [0.1, 0.15) is 0 Å². The van der Waals surface area contributed by atoms with E-state index in [9.17, 15) is 0 Å². The van der Waals surface area contributed by atoms with Crippen LogP contribution in [-0.4, -0.2) is 18.3 Å². The Balaban J connectivity index is 1.34. The molecule has 0 amide bonds. The van der Waals surface area contributed by atoms with Gasteiger partial charge in [-0.25, -0.2) is 0 Å². The largest absolute Gasteiger partial charge is 0.308 e. The molecule has 4 heterocycles. The van der Waals surface area contributed by atoms with Gasteiger partial charge in [-0.2, -0.15) is 0 Å². The number of rotatable bonds is 5. The van der Waals surface area contributed by atoms with Crippen molar-refractivity contribution in [3.8, 4) is 33.9 Å². The van der Waals surface area contributed by atoms with Crippen molar-refractivity contribution in [2.45, 2.75) is 0 Å². The summed E-state index contributed by atoms with van der Waals surface area (Å²) in [5.41, 5.74) is 15.9. The SMILES string of the molecule is c1ccc(-c2c(-n3c4ccccc4c4ccccc43)cc(-n3c4ccccc4c4ccccc43)c(-n3c4ccccc4c4ccccc43)c2-n2c3ccccc3c3ccccc32)cc1. The van der Waals surface area contributed by atoms with Crippen molar-refractivity contribution in [1.82, 2.24) is 18.3 Å². The van der Waals surface area contributed by atoms with E-state index < -0.39 is 0 Å². The van der Waals surface area contributed by atoms with E-state index in [1.165, 1.54) is 43.1 Å². The highest BCUT2D eigenvalue weighted by Crippen LogP contribution is 2.49. The van der Waals surface area contributed by atoms with Gasteiger partial charge in [0.05, 0.1) is 66.9 Å². The topological polar surface area (TPSA) is 19.7 Å². The lowest BCUT2D eigenvalue weighted by Gasteiger charge is -2.28. The minimum Gasteiger partial charge on any atom is -0.308 e. The molecule has 0 radical (unpaired) electrons. The first kappa shape index (κ1) is 35.0. The minimum atomic E-state index is 1.08. The quantitative estimate of drug-likeness (QED) is 0.165. The summed E-state index contributed by atoms with van der Waals surface area (Å²) in [5.74, 6) is 0. The number of aromatic nitrogens is 4. The monoisotopic (exact) mass is 814 g/mol. The molecule has 14 rings (SSSR count). The molecule has 0 atom stereocenters. The Labute approximate surface area is 368 Å². The Morgan fingerprint density at radius 2 is 0.453 bits per heavy atom. The van der Waals surface area contributed by atoms with Gasteiger partial charge in [-0.05, 0) is 60.2 Å². The summed E-state index contributed by atoms with van der Waals surface area (Å²) >= 11 is 0. The van der Waals surface area contributed by atoms with Crippen LogP contribution in [0.2, 0.25) is 0 Å². The lowest BCUT2D eigenvalue weighted by molar-refractivity contribution is 1.04. The van der Waals surface area contributed by atoms with Gasteiger partial charge in [-0.15, -0.1) is 0 Å². The van der Waals surface area contributed by atoms with Crippen molar-refractivity contribution in [3.05, 3.63) is 231 Å². The van der Waals surface area contributed by atoms with E-state index in [-0.39, 0.29) is 0 Å². The van der Waals surface area contributed by atoms with Gasteiger partial charge in [0, 0.05) is 48.7 Å². The second-order valence-electron chi connectivity index (χ2n) is 16.8. The van der Waals surface area contributed by atoms with Crippen LogP contribution in [0.1, 0.15) is 0 Å². The van der Waals surface area contributed by atoms with Crippen LogP contribution in [0.5, 0.6) is 0 Å². The molecule has 0 aliphatic carbocycles. The molecule has 4 nitrogen and oxygen atoms in total. The normalized spacial score (nSPS) is 12.1. The standard InChI is InChI=1S/C60H38N4/c1-2-20-39(21-3-1)58-56(61-48-30-12-4-22-40(48)41-23-5-13-31-49(41)61)38-57(62-50-32-14-6-24-42(50)43-25-7-15-33-51(43)62)59(63-52-34-16-8-26-44(52)45-27-9-17-35-53(45)63)60(58)64-54-36-18-10-28-46(54)47-29-11-19-37-55(47)64/h1-38H. The van der Waals surface area contributed by atoms with Crippen LogP contribution in [0.3, 0.4) is 0 Å². The van der Waals surface area contributed by atoms with Crippen molar-refractivity contribution in [2.24, 2.45) is 0 Å². The summed E-state index contributed by atoms with van der Waals surface area (Å²) in [4.78, 5) is 0. The van der Waals surface area contributed by atoms with Crippen LogP contribution in [-0.2, 0) is 0 Å². The molecule has 0 fully saturated rings. The number of nitrogens with zero attached hydrogens (tertiary/aromatic N) is 4. The Bertz CT molecular complexity index is 3980. The molecule has 0 saturated carbocycles. The number of hydrogen-bond acceptors (Lipinski definition) is 0. The molecule has 64 heavy (non-hydrogen) atoms. The first-order valence-corrected chi connectivity index (χ1v) is 22.0. The van der Waals surface area contributed by atoms with Gasteiger partial charge < -0.3 is 18.3 Å². The number of fused-ring (bicyclic) bond motifs is 12. The van der Waals surface area contributed by atoms with Crippen LogP contribution >= 0.6 is 0 Å². The Morgan fingerprint density at radius 3 is 0.781 bits per heavy atom. The molecule has 0 spiro atoms. The average Bonchev–Trinajstić information content (AvgIpc) is 4.09. The molecular weight excluding hydrogens is 777 g/mol. The summed E-state index contributed by atoms with van der Waals surface area (Å²) < 4.78 is 10.2. The lowest BCUT2D eigenvalue weighted by atomic mass is 9.97. The third kappa shape index (κ3) is 4.77. The second kappa shape index (κ2) is 13.4. The number of para-hydroxylation sites is 8. The first-order chi connectivity index (χ1) is 31.8. The van der Waals surface area contributed by atoms with Crippen molar-refractivity contribution < 1.29 is 0 Å². The van der Waals surface area contributed by atoms with Crippen LogP contribution in [0.4, 0.5) is 0 Å². The maximum atomic E-state index is 2.57. The Hall–Kier alpha value is -8.60. The maximum absolute atomic E-state index is 2.57. The van der Waals surface area contributed by atoms with Gasteiger partial charge in [0.25, 0.3) is 0 Å². The molecule has 0 aliphatic rings. The van der Waals surface area contributed by atoms with Gasteiger partial charge in [-0.1, -0.05) is 176 Å². The maximum Gasteiger partial charge on any atom is 0.0955 e. The zero-order valence-corrected chi connectivity index (χ0v) is 34.7. The molecule has 4 aromatic heterocycles. The van der Waals surface area contributed by atoms with Crippen molar-refractivity contribution in [2.75, 3.05) is 0 Å². The predicted molar refractivity (Wildman–Crippen MR) is 269 cm³/mol.